The number of carbonyl (C=O) groups excluding carboxylic acids is 3. The molecule has 1 aliphatic heterocycles. The van der Waals surface area contributed by atoms with E-state index in [1.54, 1.807) is 0 Å². The first-order chi connectivity index (χ1) is 36.6. The SMILES string of the molecule is CC/C=C\C/C=C\C/C=C\C/C=C\C/C=C\C/C=C\CCC(=O)OCC(COC1OC(C(=O)O)C(O)C(O)C1OC(=O)CCCCCCCCCCCCCCC)OC(=O)CCCCCCC/C=C\CCCCCC. The van der Waals surface area contributed by atoms with Crippen LogP contribution in [-0.2, 0) is 42.9 Å². The van der Waals surface area contributed by atoms with Gasteiger partial charge >= 0.3 is 23.9 Å². The predicted molar refractivity (Wildman–Crippen MR) is 303 cm³/mol. The minimum Gasteiger partial charge on any atom is -0.479 e. The van der Waals surface area contributed by atoms with Gasteiger partial charge in [-0.25, -0.2) is 4.79 Å². The smallest absolute Gasteiger partial charge is 0.335 e. The summed E-state index contributed by atoms with van der Waals surface area (Å²) >= 11 is 0. The van der Waals surface area contributed by atoms with E-state index in [4.69, 9.17) is 23.7 Å². The van der Waals surface area contributed by atoms with E-state index in [9.17, 15) is 34.5 Å². The van der Waals surface area contributed by atoms with E-state index in [1.807, 2.05) is 12.2 Å². The van der Waals surface area contributed by atoms with Crippen LogP contribution in [0.1, 0.15) is 239 Å². The van der Waals surface area contributed by atoms with Gasteiger partial charge in [0, 0.05) is 19.3 Å². The molecule has 0 spiro atoms. The van der Waals surface area contributed by atoms with Crippen molar-refractivity contribution in [1.29, 1.82) is 0 Å². The summed E-state index contributed by atoms with van der Waals surface area (Å²) < 4.78 is 28.3. The van der Waals surface area contributed by atoms with Gasteiger partial charge in [-0.1, -0.05) is 221 Å². The highest BCUT2D eigenvalue weighted by Crippen LogP contribution is 2.26. The number of aliphatic hydroxyl groups is 2. The maximum Gasteiger partial charge on any atom is 0.335 e. The largest absolute Gasteiger partial charge is 0.479 e. The lowest BCUT2D eigenvalue weighted by atomic mass is 9.98. The second kappa shape index (κ2) is 50.7. The van der Waals surface area contributed by atoms with E-state index in [-0.39, 0.29) is 25.9 Å². The number of carboxylic acids is 1. The highest BCUT2D eigenvalue weighted by atomic mass is 16.7. The molecular formula is C63H104O12. The molecule has 1 saturated heterocycles. The number of allylic oxidation sites excluding steroid dienone is 14. The lowest BCUT2D eigenvalue weighted by Crippen LogP contribution is -2.61. The second-order valence-electron chi connectivity index (χ2n) is 19.9. The summed E-state index contributed by atoms with van der Waals surface area (Å²) in [6.07, 6.45) is 52.8. The number of hydrogen-bond donors (Lipinski definition) is 3. The Labute approximate surface area is 454 Å². The maximum absolute atomic E-state index is 13.1. The molecule has 75 heavy (non-hydrogen) atoms. The Kier molecular flexibility index (Phi) is 46.6. The van der Waals surface area contributed by atoms with E-state index in [0.29, 0.717) is 19.3 Å². The molecule has 0 amide bonds. The third-order valence-corrected chi connectivity index (χ3v) is 13.0. The van der Waals surface area contributed by atoms with E-state index in [1.165, 1.54) is 77.0 Å². The molecule has 0 aromatic rings. The van der Waals surface area contributed by atoms with Crippen LogP contribution in [0.25, 0.3) is 0 Å². The van der Waals surface area contributed by atoms with Crippen LogP contribution in [0.2, 0.25) is 0 Å². The lowest BCUT2D eigenvalue weighted by molar-refractivity contribution is -0.301. The summed E-state index contributed by atoms with van der Waals surface area (Å²) in [6, 6.07) is 0. The van der Waals surface area contributed by atoms with Gasteiger partial charge in [0.05, 0.1) is 6.61 Å². The van der Waals surface area contributed by atoms with Crippen LogP contribution >= 0.6 is 0 Å². The third-order valence-electron chi connectivity index (χ3n) is 13.0. The number of hydrogen-bond acceptors (Lipinski definition) is 11. The van der Waals surface area contributed by atoms with Crippen LogP contribution in [0, 0.1) is 0 Å². The van der Waals surface area contributed by atoms with Crippen LogP contribution < -0.4 is 0 Å². The Balaban J connectivity index is 2.74. The summed E-state index contributed by atoms with van der Waals surface area (Å²) in [7, 11) is 0. The normalized spacial score (nSPS) is 18.8. The number of aliphatic hydroxyl groups excluding tert-OH is 2. The van der Waals surface area contributed by atoms with Gasteiger partial charge in [0.2, 0.25) is 0 Å². The Bertz CT molecular complexity index is 1630. The van der Waals surface area contributed by atoms with Crippen LogP contribution in [-0.4, -0.2) is 89.2 Å². The van der Waals surface area contributed by atoms with Crippen molar-refractivity contribution in [2.24, 2.45) is 0 Å². The van der Waals surface area contributed by atoms with Crippen LogP contribution in [0.3, 0.4) is 0 Å². The monoisotopic (exact) mass is 1050 g/mol. The first-order valence-electron chi connectivity index (χ1n) is 29.6. The molecule has 0 bridgehead atoms. The van der Waals surface area contributed by atoms with Crippen LogP contribution in [0.4, 0.5) is 0 Å². The zero-order valence-corrected chi connectivity index (χ0v) is 47.0. The van der Waals surface area contributed by atoms with Crippen molar-refractivity contribution < 1.29 is 58.2 Å². The minimum atomic E-state index is -1.91. The van der Waals surface area contributed by atoms with Crippen molar-refractivity contribution in [1.82, 2.24) is 0 Å². The lowest BCUT2D eigenvalue weighted by Gasteiger charge is -2.40. The first-order valence-corrected chi connectivity index (χ1v) is 29.6. The molecule has 0 saturated carbocycles. The first kappa shape index (κ1) is 68.9. The Morgan fingerprint density at radius 3 is 1.35 bits per heavy atom. The molecule has 0 aliphatic carbocycles. The number of ether oxygens (including phenoxy) is 5. The number of esters is 3. The standard InChI is InChI=1S/C63H104O12/c1-4-7-10-13-16-19-22-25-26-27-28-29-30-33-34-37-40-43-46-49-55(64)71-52-54(73-56(65)50-47-44-41-38-35-31-23-20-17-14-11-8-5-2)53-72-63-61(59(68)58(67)60(75-63)62(69)70)74-57(66)51-48-45-42-39-36-32-24-21-18-15-12-9-6-3/h7,10,16,19-20,23,25-26,28-29,33-34,40,43,54,58-61,63,67-68H,4-6,8-9,11-15,17-18,21-22,24,27,30-32,35-39,41-42,44-53H2,1-3H3,(H,69,70)/b10-7-,19-16-,23-20-,26-25-,29-28-,34-33-,43-40-. The fourth-order valence-electron chi connectivity index (χ4n) is 8.45. The molecule has 1 fully saturated rings. The van der Waals surface area contributed by atoms with Gasteiger partial charge in [-0.3, -0.25) is 14.4 Å². The zero-order valence-electron chi connectivity index (χ0n) is 47.0. The maximum atomic E-state index is 13.1. The van der Waals surface area contributed by atoms with Crippen molar-refractivity contribution in [3.05, 3.63) is 85.1 Å². The summed E-state index contributed by atoms with van der Waals surface area (Å²) in [6.45, 7) is 5.78. The molecule has 428 valence electrons. The minimum absolute atomic E-state index is 0.0527. The number of carboxylic acid groups (broad SMARTS) is 1. The highest BCUT2D eigenvalue weighted by Gasteiger charge is 2.50. The van der Waals surface area contributed by atoms with Gasteiger partial charge in [-0.2, -0.15) is 0 Å². The number of unbranched alkanes of at least 4 members (excludes halogenated alkanes) is 21. The summed E-state index contributed by atoms with van der Waals surface area (Å²) in [4.78, 5) is 51.0. The van der Waals surface area contributed by atoms with Crippen molar-refractivity contribution >= 4 is 23.9 Å². The molecule has 0 aromatic heterocycles. The zero-order chi connectivity index (χ0) is 54.7. The molecule has 0 radical (unpaired) electrons. The molecule has 12 heteroatoms. The molecule has 3 N–H and O–H groups in total. The van der Waals surface area contributed by atoms with Gasteiger partial charge in [-0.05, 0) is 83.5 Å². The molecule has 1 aliphatic rings. The molecule has 1 rings (SSSR count). The molecule has 0 aromatic carbocycles. The molecule has 1 heterocycles. The van der Waals surface area contributed by atoms with E-state index in [0.717, 1.165) is 103 Å². The van der Waals surface area contributed by atoms with Gasteiger partial charge in [0.1, 0.15) is 18.8 Å². The van der Waals surface area contributed by atoms with E-state index in [2.05, 4.69) is 93.7 Å². The van der Waals surface area contributed by atoms with E-state index >= 15 is 0 Å². The fraction of sp³-hybridized carbons (Fsp3) is 0.714. The number of aliphatic carboxylic acids is 1. The van der Waals surface area contributed by atoms with Gasteiger partial charge in [-0.15, -0.1) is 0 Å². The average molecular weight is 1050 g/mol. The van der Waals surface area contributed by atoms with E-state index < -0.39 is 67.3 Å². The number of rotatable bonds is 49. The third kappa shape index (κ3) is 40.8. The van der Waals surface area contributed by atoms with Crippen molar-refractivity contribution in [3.63, 3.8) is 0 Å². The van der Waals surface area contributed by atoms with Crippen LogP contribution in [0.5, 0.6) is 0 Å². The Hall–Kier alpha value is -4.10. The van der Waals surface area contributed by atoms with Gasteiger partial charge < -0.3 is 39.0 Å². The topological polar surface area (TPSA) is 175 Å². The number of carbonyl (C=O) groups is 4. The van der Waals surface area contributed by atoms with Crippen molar-refractivity contribution in [3.8, 4) is 0 Å². The van der Waals surface area contributed by atoms with Crippen molar-refractivity contribution in [2.45, 2.75) is 276 Å². The Morgan fingerprint density at radius 1 is 0.453 bits per heavy atom. The Morgan fingerprint density at radius 2 is 0.867 bits per heavy atom. The summed E-state index contributed by atoms with van der Waals surface area (Å²) in [5.41, 5.74) is 0. The quantitative estimate of drug-likeness (QED) is 0.0228. The highest BCUT2D eigenvalue weighted by molar-refractivity contribution is 5.74. The fourth-order valence-corrected chi connectivity index (χ4v) is 8.45. The molecular weight excluding hydrogens is 949 g/mol. The molecule has 6 unspecified atom stereocenters. The summed E-state index contributed by atoms with van der Waals surface area (Å²) in [5, 5.41) is 31.4. The molecule has 12 nitrogen and oxygen atoms in total. The molecule has 6 atom stereocenters. The summed E-state index contributed by atoms with van der Waals surface area (Å²) in [5.74, 6) is -3.24. The van der Waals surface area contributed by atoms with Crippen molar-refractivity contribution in [2.75, 3.05) is 13.2 Å². The van der Waals surface area contributed by atoms with Crippen LogP contribution in [0.15, 0.2) is 85.1 Å². The second-order valence-corrected chi connectivity index (χ2v) is 19.9. The predicted octanol–water partition coefficient (Wildman–Crippen LogP) is 15.1. The van der Waals surface area contributed by atoms with Gasteiger partial charge in [0.15, 0.2) is 24.6 Å². The average Bonchev–Trinajstić information content (AvgIpc) is 3.39. The van der Waals surface area contributed by atoms with Gasteiger partial charge in [0.25, 0.3) is 0 Å².